The molecule has 0 spiro atoms. The highest BCUT2D eigenvalue weighted by molar-refractivity contribution is 5.90. The van der Waals surface area contributed by atoms with Gasteiger partial charge in [0.2, 0.25) is 0 Å². The highest BCUT2D eigenvalue weighted by atomic mass is 19.1. The van der Waals surface area contributed by atoms with Crippen LogP contribution in [0.15, 0.2) is 42.5 Å². The second-order valence-corrected chi connectivity index (χ2v) is 4.61. The number of aromatic nitrogens is 2. The van der Waals surface area contributed by atoms with Gasteiger partial charge in [-0.05, 0) is 31.2 Å². The van der Waals surface area contributed by atoms with E-state index in [9.17, 15) is 9.18 Å². The van der Waals surface area contributed by atoms with Gasteiger partial charge in [-0.2, -0.15) is 0 Å². The van der Waals surface area contributed by atoms with E-state index in [1.165, 1.54) is 13.2 Å². The average Bonchev–Trinajstić information content (AvgIpc) is 2.83. The Hall–Kier alpha value is -2.69. The second kappa shape index (κ2) is 5.01. The van der Waals surface area contributed by atoms with Crippen molar-refractivity contribution in [3.8, 4) is 5.69 Å². The number of para-hydroxylation sites is 2. The molecule has 0 N–H and O–H groups in total. The number of fused-ring (bicyclic) bond motifs is 1. The van der Waals surface area contributed by atoms with E-state index < -0.39 is 11.8 Å². The molecule has 3 rings (SSSR count). The number of carbonyl (C=O) groups is 1. The van der Waals surface area contributed by atoms with Crippen LogP contribution in [0.3, 0.4) is 0 Å². The van der Waals surface area contributed by atoms with Crippen LogP contribution in [0, 0.1) is 12.7 Å². The zero-order valence-corrected chi connectivity index (χ0v) is 11.6. The summed E-state index contributed by atoms with van der Waals surface area (Å²) in [5.41, 5.74) is 1.75. The number of aryl methyl sites for hydroxylation is 1. The summed E-state index contributed by atoms with van der Waals surface area (Å²) < 4.78 is 20.9. The lowest BCUT2D eigenvalue weighted by Crippen LogP contribution is -2.08. The molecule has 1 aromatic heterocycles. The number of hydrogen-bond acceptors (Lipinski definition) is 3. The molecule has 0 fully saturated rings. The molecule has 1 heterocycles. The zero-order valence-electron chi connectivity index (χ0n) is 11.6. The maximum atomic E-state index is 14.6. The molecule has 0 saturated heterocycles. The van der Waals surface area contributed by atoms with Crippen LogP contribution in [0.1, 0.15) is 16.2 Å². The zero-order chi connectivity index (χ0) is 15.0. The van der Waals surface area contributed by atoms with Crippen LogP contribution >= 0.6 is 0 Å². The van der Waals surface area contributed by atoms with E-state index in [-0.39, 0.29) is 11.3 Å². The van der Waals surface area contributed by atoms with Crippen LogP contribution in [0.2, 0.25) is 0 Å². The minimum atomic E-state index is -0.698. The minimum absolute atomic E-state index is 0.0906. The van der Waals surface area contributed by atoms with E-state index in [2.05, 4.69) is 9.72 Å². The van der Waals surface area contributed by atoms with Crippen LogP contribution in [0.4, 0.5) is 4.39 Å². The van der Waals surface area contributed by atoms with Gasteiger partial charge in [0, 0.05) is 0 Å². The Kier molecular flexibility index (Phi) is 3.17. The Morgan fingerprint density at radius 2 is 1.95 bits per heavy atom. The fourth-order valence-corrected chi connectivity index (χ4v) is 2.41. The fourth-order valence-electron chi connectivity index (χ4n) is 2.41. The molecule has 106 valence electrons. The number of esters is 1. The molecule has 21 heavy (non-hydrogen) atoms. The van der Waals surface area contributed by atoms with Crippen molar-refractivity contribution in [2.24, 2.45) is 0 Å². The van der Waals surface area contributed by atoms with Crippen LogP contribution < -0.4 is 0 Å². The molecule has 0 amide bonds. The quantitative estimate of drug-likeness (QED) is 0.678. The Bertz CT molecular complexity index is 839. The molecule has 0 aliphatic heterocycles. The number of rotatable bonds is 2. The smallest absolute Gasteiger partial charge is 0.340 e. The summed E-state index contributed by atoms with van der Waals surface area (Å²) >= 11 is 0. The van der Waals surface area contributed by atoms with Gasteiger partial charge in [0.15, 0.2) is 5.82 Å². The number of benzene rings is 2. The molecule has 0 bridgehead atoms. The van der Waals surface area contributed by atoms with Crippen LogP contribution in [0.25, 0.3) is 16.7 Å². The number of ether oxygens (including phenoxy) is 1. The van der Waals surface area contributed by atoms with Crippen molar-refractivity contribution in [2.45, 2.75) is 6.92 Å². The summed E-state index contributed by atoms with van der Waals surface area (Å²) in [7, 11) is 1.23. The first-order valence-corrected chi connectivity index (χ1v) is 6.44. The Morgan fingerprint density at radius 1 is 1.19 bits per heavy atom. The van der Waals surface area contributed by atoms with E-state index in [4.69, 9.17) is 0 Å². The van der Waals surface area contributed by atoms with Crippen molar-refractivity contribution >= 4 is 17.0 Å². The summed E-state index contributed by atoms with van der Waals surface area (Å²) in [6.45, 7) is 1.80. The minimum Gasteiger partial charge on any atom is -0.465 e. The number of nitrogens with zero attached hydrogens (tertiary/aromatic N) is 2. The highest BCUT2D eigenvalue weighted by Crippen LogP contribution is 2.25. The van der Waals surface area contributed by atoms with Gasteiger partial charge in [-0.15, -0.1) is 0 Å². The molecule has 0 aliphatic carbocycles. The van der Waals surface area contributed by atoms with Gasteiger partial charge < -0.3 is 4.74 Å². The van der Waals surface area contributed by atoms with E-state index in [1.807, 2.05) is 24.3 Å². The third-order valence-electron chi connectivity index (χ3n) is 3.35. The monoisotopic (exact) mass is 284 g/mol. The first kappa shape index (κ1) is 13.3. The van der Waals surface area contributed by atoms with Gasteiger partial charge in [0.1, 0.15) is 5.82 Å². The first-order valence-electron chi connectivity index (χ1n) is 6.44. The van der Waals surface area contributed by atoms with E-state index in [0.29, 0.717) is 5.82 Å². The molecule has 2 aromatic carbocycles. The lowest BCUT2D eigenvalue weighted by Gasteiger charge is -2.10. The van der Waals surface area contributed by atoms with E-state index in [0.717, 1.165) is 11.0 Å². The summed E-state index contributed by atoms with van der Waals surface area (Å²) in [5.74, 6) is -0.663. The fraction of sp³-hybridized carbons (Fsp3) is 0.125. The number of methoxy groups -OCH3 is 1. The van der Waals surface area contributed by atoms with Crippen molar-refractivity contribution in [3.63, 3.8) is 0 Å². The topological polar surface area (TPSA) is 44.1 Å². The van der Waals surface area contributed by atoms with E-state index >= 15 is 0 Å². The molecule has 0 aliphatic rings. The molecule has 5 heteroatoms. The van der Waals surface area contributed by atoms with Crippen molar-refractivity contribution < 1.29 is 13.9 Å². The summed E-state index contributed by atoms with van der Waals surface area (Å²) in [6.07, 6.45) is 0. The number of hydrogen-bond donors (Lipinski definition) is 0. The Labute approximate surface area is 120 Å². The van der Waals surface area contributed by atoms with Gasteiger partial charge >= 0.3 is 5.97 Å². The van der Waals surface area contributed by atoms with Crippen molar-refractivity contribution in [3.05, 3.63) is 59.7 Å². The summed E-state index contributed by atoms with van der Waals surface area (Å²) in [6, 6.07) is 12.1. The number of carbonyl (C=O) groups excluding carboxylic acids is 1. The van der Waals surface area contributed by atoms with E-state index in [1.54, 1.807) is 23.6 Å². The highest BCUT2D eigenvalue weighted by Gasteiger charge is 2.18. The third kappa shape index (κ3) is 2.07. The molecule has 0 unspecified atom stereocenters. The van der Waals surface area contributed by atoms with Crippen molar-refractivity contribution in [1.82, 2.24) is 9.55 Å². The average molecular weight is 284 g/mol. The summed E-state index contributed by atoms with van der Waals surface area (Å²) in [4.78, 5) is 16.0. The van der Waals surface area contributed by atoms with Crippen LogP contribution in [0.5, 0.6) is 0 Å². The molecule has 4 nitrogen and oxygen atoms in total. The maximum Gasteiger partial charge on any atom is 0.340 e. The second-order valence-electron chi connectivity index (χ2n) is 4.61. The third-order valence-corrected chi connectivity index (χ3v) is 3.35. The molecule has 0 saturated carbocycles. The van der Waals surface area contributed by atoms with Crippen LogP contribution in [-0.4, -0.2) is 22.6 Å². The molecule has 0 atom stereocenters. The van der Waals surface area contributed by atoms with Gasteiger partial charge in [0.05, 0.1) is 29.4 Å². The van der Waals surface area contributed by atoms with Gasteiger partial charge in [-0.3, -0.25) is 4.57 Å². The lowest BCUT2D eigenvalue weighted by atomic mass is 10.1. The maximum absolute atomic E-state index is 14.6. The van der Waals surface area contributed by atoms with Gasteiger partial charge in [-0.1, -0.05) is 18.2 Å². The van der Waals surface area contributed by atoms with Crippen LogP contribution in [-0.2, 0) is 4.74 Å². The standard InChI is InChI=1S/C16H13FN2O2/c1-10-18-12-7-3-4-8-13(12)19(10)14-9-5-6-11(15(14)17)16(20)21-2/h3-9H,1-2H3. The normalized spacial score (nSPS) is 10.8. The largest absolute Gasteiger partial charge is 0.465 e. The molecule has 0 radical (unpaired) electrons. The lowest BCUT2D eigenvalue weighted by molar-refractivity contribution is 0.0595. The summed E-state index contributed by atoms with van der Waals surface area (Å²) in [5, 5.41) is 0. The predicted octanol–water partition coefficient (Wildman–Crippen LogP) is 3.26. The van der Waals surface area contributed by atoms with Crippen molar-refractivity contribution in [1.29, 1.82) is 0 Å². The van der Waals surface area contributed by atoms with Crippen molar-refractivity contribution in [2.75, 3.05) is 7.11 Å². The first-order chi connectivity index (χ1) is 10.1. The number of imidazole rings is 1. The SMILES string of the molecule is COC(=O)c1cccc(-n2c(C)nc3ccccc32)c1F. The molecule has 3 aromatic rings. The predicted molar refractivity (Wildman–Crippen MR) is 77.1 cm³/mol. The van der Waals surface area contributed by atoms with Gasteiger partial charge in [0.25, 0.3) is 0 Å². The van der Waals surface area contributed by atoms with Gasteiger partial charge in [-0.25, -0.2) is 14.2 Å². The Morgan fingerprint density at radius 3 is 2.71 bits per heavy atom. The Balaban J connectivity index is 2.29. The molecular weight excluding hydrogens is 271 g/mol. The number of halogens is 1. The molecular formula is C16H13FN2O2.